The molecule has 2 aromatic carbocycles. The van der Waals surface area contributed by atoms with Crippen LogP contribution in [0.4, 0.5) is 0 Å². The van der Waals surface area contributed by atoms with Gasteiger partial charge in [-0.25, -0.2) is 18.1 Å². The smallest absolute Gasteiger partial charge is 0.215 e. The lowest BCUT2D eigenvalue weighted by atomic mass is 10.1. The molecule has 0 atom stereocenters. The summed E-state index contributed by atoms with van der Waals surface area (Å²) < 4.78 is 25.5. The van der Waals surface area contributed by atoms with Gasteiger partial charge < -0.3 is 10.6 Å². The van der Waals surface area contributed by atoms with Crippen molar-refractivity contribution in [2.75, 3.05) is 13.6 Å². The lowest BCUT2D eigenvalue weighted by molar-refractivity contribution is 0.587. The van der Waals surface area contributed by atoms with E-state index >= 15 is 0 Å². The van der Waals surface area contributed by atoms with Gasteiger partial charge in [0.15, 0.2) is 5.96 Å². The molecule has 2 aromatic rings. The summed E-state index contributed by atoms with van der Waals surface area (Å²) in [6, 6.07) is 15.8. The lowest BCUT2D eigenvalue weighted by Crippen LogP contribution is -2.36. The van der Waals surface area contributed by atoms with Gasteiger partial charge in [-0.15, -0.1) is 0 Å². The Hall–Kier alpha value is -2.38. The van der Waals surface area contributed by atoms with Gasteiger partial charge in [0.1, 0.15) is 0 Å². The Bertz CT molecular complexity index is 862. The van der Waals surface area contributed by atoms with Crippen LogP contribution in [0.25, 0.3) is 0 Å². The summed E-state index contributed by atoms with van der Waals surface area (Å²) in [4.78, 5) is 4.62. The Morgan fingerprint density at radius 3 is 2.33 bits per heavy atom. The zero-order chi connectivity index (χ0) is 19.7. The van der Waals surface area contributed by atoms with Gasteiger partial charge in [0.25, 0.3) is 0 Å². The van der Waals surface area contributed by atoms with Crippen LogP contribution in [0.3, 0.4) is 0 Å². The van der Waals surface area contributed by atoms with Crippen molar-refractivity contribution in [1.82, 2.24) is 15.4 Å². The molecule has 27 heavy (non-hydrogen) atoms. The van der Waals surface area contributed by atoms with E-state index in [2.05, 4.69) is 45.5 Å². The number of nitrogens with zero attached hydrogens (tertiary/aromatic N) is 1. The number of nitrogens with one attached hydrogen (secondary N) is 3. The van der Waals surface area contributed by atoms with E-state index in [9.17, 15) is 8.42 Å². The Morgan fingerprint density at radius 1 is 1.00 bits per heavy atom. The maximum Gasteiger partial charge on any atom is 0.215 e. The summed E-state index contributed by atoms with van der Waals surface area (Å²) in [5.74, 6) is 0.735. The number of aliphatic imine (C=N–C) groups is 1. The Morgan fingerprint density at radius 2 is 1.70 bits per heavy atom. The van der Waals surface area contributed by atoms with Crippen molar-refractivity contribution in [3.8, 4) is 0 Å². The summed E-state index contributed by atoms with van der Waals surface area (Å²) >= 11 is 0. The molecule has 0 aromatic heterocycles. The third-order valence-corrected chi connectivity index (χ3v) is 5.33. The molecule has 0 saturated heterocycles. The second-order valence-corrected chi connectivity index (χ2v) is 8.24. The van der Waals surface area contributed by atoms with E-state index in [0.29, 0.717) is 13.1 Å². The van der Waals surface area contributed by atoms with E-state index in [1.807, 2.05) is 37.3 Å². The largest absolute Gasteiger partial charge is 0.357 e. The first-order chi connectivity index (χ1) is 12.9. The van der Waals surface area contributed by atoms with Crippen molar-refractivity contribution in [1.29, 1.82) is 0 Å². The first-order valence-electron chi connectivity index (χ1n) is 8.98. The molecule has 0 heterocycles. The molecule has 0 amide bonds. The number of sulfonamides is 1. The summed E-state index contributed by atoms with van der Waals surface area (Å²) in [6.07, 6.45) is 0. The monoisotopic (exact) mass is 388 g/mol. The Kier molecular flexibility index (Phi) is 7.82. The molecule has 0 aliphatic rings. The van der Waals surface area contributed by atoms with Crippen LogP contribution in [-0.2, 0) is 28.9 Å². The predicted octanol–water partition coefficient (Wildman–Crippen LogP) is 2.30. The van der Waals surface area contributed by atoms with Crippen LogP contribution < -0.4 is 15.4 Å². The number of rotatable bonds is 8. The van der Waals surface area contributed by atoms with Crippen LogP contribution in [0.15, 0.2) is 53.5 Å². The van der Waals surface area contributed by atoms with Crippen LogP contribution in [0.5, 0.6) is 0 Å². The van der Waals surface area contributed by atoms with Crippen molar-refractivity contribution >= 4 is 16.0 Å². The quantitative estimate of drug-likeness (QED) is 0.479. The fourth-order valence-electron chi connectivity index (χ4n) is 2.55. The highest BCUT2D eigenvalue weighted by atomic mass is 32.2. The molecular formula is C20H28N4O2S. The van der Waals surface area contributed by atoms with Gasteiger partial charge >= 0.3 is 0 Å². The fraction of sp³-hybridized carbons (Fsp3) is 0.350. The van der Waals surface area contributed by atoms with Crippen molar-refractivity contribution in [3.05, 3.63) is 70.8 Å². The summed E-state index contributed by atoms with van der Waals surface area (Å²) in [5.41, 5.74) is 4.21. The minimum Gasteiger partial charge on any atom is -0.357 e. The van der Waals surface area contributed by atoms with E-state index in [1.165, 1.54) is 18.2 Å². The minimum absolute atomic E-state index is 0.0161. The van der Waals surface area contributed by atoms with Crippen molar-refractivity contribution in [2.45, 2.75) is 32.7 Å². The fourth-order valence-corrected chi connectivity index (χ4v) is 3.33. The number of hydrogen-bond donors (Lipinski definition) is 3. The van der Waals surface area contributed by atoms with Crippen molar-refractivity contribution in [3.63, 3.8) is 0 Å². The highest BCUT2D eigenvalue weighted by Crippen LogP contribution is 2.08. The average Bonchev–Trinajstić information content (AvgIpc) is 2.65. The molecule has 2 rings (SSSR count). The lowest BCUT2D eigenvalue weighted by Gasteiger charge is -2.12. The topological polar surface area (TPSA) is 82.6 Å². The third-order valence-electron chi connectivity index (χ3n) is 4.00. The molecule has 0 saturated carbocycles. The molecule has 6 nitrogen and oxygen atoms in total. The average molecular weight is 389 g/mol. The van der Waals surface area contributed by atoms with Gasteiger partial charge in [-0.1, -0.05) is 54.1 Å². The highest BCUT2D eigenvalue weighted by Gasteiger charge is 2.08. The SMILES string of the molecule is CCNC(=NCc1cccc(C)c1)NCc1ccc(CS(=O)(=O)NC)cc1. The number of aryl methyl sites for hydroxylation is 1. The zero-order valence-electron chi connectivity index (χ0n) is 16.1. The van der Waals surface area contributed by atoms with Crippen molar-refractivity contribution < 1.29 is 8.42 Å². The van der Waals surface area contributed by atoms with Gasteiger partial charge in [0.2, 0.25) is 10.0 Å². The highest BCUT2D eigenvalue weighted by molar-refractivity contribution is 7.88. The second kappa shape index (κ2) is 10.1. The maximum absolute atomic E-state index is 11.6. The van der Waals surface area contributed by atoms with E-state index in [0.717, 1.165) is 23.6 Å². The maximum atomic E-state index is 11.6. The zero-order valence-corrected chi connectivity index (χ0v) is 16.9. The molecule has 0 bridgehead atoms. The van der Waals surface area contributed by atoms with Gasteiger partial charge in [0, 0.05) is 13.1 Å². The molecule has 7 heteroatoms. The Balaban J connectivity index is 1.95. The summed E-state index contributed by atoms with van der Waals surface area (Å²) in [6.45, 7) is 6.10. The van der Waals surface area contributed by atoms with E-state index in [4.69, 9.17) is 0 Å². The standard InChI is InChI=1S/C20H28N4O2S/c1-4-22-20(24-14-19-7-5-6-16(2)12-19)23-13-17-8-10-18(11-9-17)15-27(25,26)21-3/h5-12,21H,4,13-15H2,1-3H3,(H2,22,23,24). The first kappa shape index (κ1) is 20.9. The number of benzene rings is 2. The van der Waals surface area contributed by atoms with Gasteiger partial charge in [0.05, 0.1) is 12.3 Å². The van der Waals surface area contributed by atoms with Gasteiger partial charge in [-0.05, 0) is 37.6 Å². The van der Waals surface area contributed by atoms with Crippen LogP contribution >= 0.6 is 0 Å². The second-order valence-electron chi connectivity index (χ2n) is 6.32. The molecule has 0 aliphatic heterocycles. The normalized spacial score (nSPS) is 12.0. The van der Waals surface area contributed by atoms with E-state index < -0.39 is 10.0 Å². The van der Waals surface area contributed by atoms with Gasteiger partial charge in [-0.2, -0.15) is 0 Å². The number of guanidine groups is 1. The molecule has 0 radical (unpaired) electrons. The molecule has 0 spiro atoms. The molecule has 3 N–H and O–H groups in total. The minimum atomic E-state index is -3.25. The molecule has 0 aliphatic carbocycles. The van der Waals surface area contributed by atoms with E-state index in [-0.39, 0.29) is 5.75 Å². The van der Waals surface area contributed by atoms with E-state index in [1.54, 1.807) is 0 Å². The summed E-state index contributed by atoms with van der Waals surface area (Å²) in [5, 5.41) is 6.55. The molecule has 0 unspecified atom stereocenters. The van der Waals surface area contributed by atoms with Crippen LogP contribution in [0.1, 0.15) is 29.2 Å². The molecular weight excluding hydrogens is 360 g/mol. The number of hydrogen-bond acceptors (Lipinski definition) is 3. The third kappa shape index (κ3) is 7.40. The van der Waals surface area contributed by atoms with Crippen LogP contribution in [0, 0.1) is 6.92 Å². The van der Waals surface area contributed by atoms with Crippen LogP contribution in [0.2, 0.25) is 0 Å². The molecule has 146 valence electrons. The van der Waals surface area contributed by atoms with Crippen LogP contribution in [-0.4, -0.2) is 28.0 Å². The molecule has 0 fully saturated rings. The Labute approximate surface area is 162 Å². The predicted molar refractivity (Wildman–Crippen MR) is 111 cm³/mol. The summed E-state index contributed by atoms with van der Waals surface area (Å²) in [7, 11) is -1.83. The van der Waals surface area contributed by atoms with Crippen molar-refractivity contribution in [2.24, 2.45) is 4.99 Å². The first-order valence-corrected chi connectivity index (χ1v) is 10.6. The van der Waals surface area contributed by atoms with Gasteiger partial charge in [-0.3, -0.25) is 0 Å².